The number of carbonyl (C=O) groups is 2. The van der Waals surface area contributed by atoms with Crippen LogP contribution in [-0.2, 0) is 39.1 Å². The topological polar surface area (TPSA) is 111 Å². The van der Waals surface area contributed by atoms with Crippen LogP contribution in [0.15, 0.2) is 78.9 Å². The van der Waals surface area contributed by atoms with Gasteiger partial charge in [-0.2, -0.15) is 0 Å². The lowest BCUT2D eigenvalue weighted by molar-refractivity contribution is -0.870. The third-order valence-corrected chi connectivity index (χ3v) is 9.91. The normalized spacial score (nSPS) is 13.8. The van der Waals surface area contributed by atoms with Crippen molar-refractivity contribution < 1.29 is 42.1 Å². The Morgan fingerprint density at radius 1 is 0.673 bits per heavy atom. The molecule has 2 aromatic rings. The van der Waals surface area contributed by atoms with Gasteiger partial charge in [-0.05, 0) is 29.5 Å². The maximum absolute atomic E-state index is 12.8. The van der Waals surface area contributed by atoms with Gasteiger partial charge in [-0.15, -0.1) is 0 Å². The summed E-state index contributed by atoms with van der Waals surface area (Å²) < 4.78 is 33.9. The van der Waals surface area contributed by atoms with Gasteiger partial charge in [0.1, 0.15) is 19.8 Å². The van der Waals surface area contributed by atoms with Crippen LogP contribution in [0.25, 0.3) is 12.2 Å². The van der Waals surface area contributed by atoms with Crippen LogP contribution in [0.3, 0.4) is 0 Å². The van der Waals surface area contributed by atoms with Gasteiger partial charge in [0, 0.05) is 12.8 Å². The van der Waals surface area contributed by atoms with Crippen LogP contribution >= 0.6 is 7.82 Å². The number of hydrogen-bond acceptors (Lipinski definition) is 8. The number of benzene rings is 2. The Bertz CT molecular complexity index is 1450. The van der Waals surface area contributed by atoms with Gasteiger partial charge in [0.15, 0.2) is 6.10 Å². The molecule has 0 bridgehead atoms. The fraction of sp³-hybridized carbons (Fsp3) is 0.556. The van der Waals surface area contributed by atoms with Crippen molar-refractivity contribution in [2.45, 2.75) is 116 Å². The second-order valence-corrected chi connectivity index (χ2v) is 16.5. The number of allylic oxidation sites excluding steroid dienone is 4. The van der Waals surface area contributed by atoms with Gasteiger partial charge in [0.25, 0.3) is 7.82 Å². The molecule has 2 atom stereocenters. The van der Waals surface area contributed by atoms with E-state index in [4.69, 9.17) is 18.5 Å². The van der Waals surface area contributed by atoms with E-state index >= 15 is 0 Å². The molecule has 1 unspecified atom stereocenters. The lowest BCUT2D eigenvalue weighted by atomic mass is 10.0. The molecule has 306 valence electrons. The highest BCUT2D eigenvalue weighted by Gasteiger charge is 2.22. The Labute approximate surface area is 332 Å². The average molecular weight is 782 g/mol. The zero-order valence-electron chi connectivity index (χ0n) is 34.0. The van der Waals surface area contributed by atoms with Crippen molar-refractivity contribution >= 4 is 31.9 Å². The van der Waals surface area contributed by atoms with Crippen LogP contribution in [0.4, 0.5) is 0 Å². The summed E-state index contributed by atoms with van der Waals surface area (Å²) in [6, 6.07) is 17.9. The van der Waals surface area contributed by atoms with Crippen LogP contribution < -0.4 is 4.89 Å². The van der Waals surface area contributed by atoms with E-state index in [0.29, 0.717) is 23.9 Å². The maximum Gasteiger partial charge on any atom is 0.306 e. The molecule has 9 nitrogen and oxygen atoms in total. The molecule has 0 spiro atoms. The Kier molecular flexibility index (Phi) is 25.2. The minimum absolute atomic E-state index is 0.0553. The highest BCUT2D eigenvalue weighted by molar-refractivity contribution is 7.45. The van der Waals surface area contributed by atoms with Crippen molar-refractivity contribution in [1.29, 1.82) is 0 Å². The first-order valence-electron chi connectivity index (χ1n) is 20.4. The minimum atomic E-state index is -4.67. The largest absolute Gasteiger partial charge is 0.756 e. The molecule has 0 saturated carbocycles. The molecule has 0 aliphatic carbocycles. The van der Waals surface area contributed by atoms with E-state index in [1.165, 1.54) is 64.2 Å². The van der Waals surface area contributed by atoms with Crippen LogP contribution in [-0.4, -0.2) is 70.0 Å². The smallest absolute Gasteiger partial charge is 0.306 e. The Morgan fingerprint density at radius 2 is 1.22 bits per heavy atom. The summed E-state index contributed by atoms with van der Waals surface area (Å²) in [5.41, 5.74) is 3.11. The number of carbonyl (C=O) groups excluding carboxylic acids is 2. The molecule has 0 aliphatic heterocycles. The van der Waals surface area contributed by atoms with Crippen LogP contribution in [0.1, 0.15) is 120 Å². The number of unbranched alkanes of at least 4 members (excludes halogenated alkanes) is 12. The number of ether oxygens (including phenoxy) is 2. The number of phosphoric ester groups is 1. The summed E-state index contributed by atoms with van der Waals surface area (Å²) in [5.74, 6) is -0.965. The highest BCUT2D eigenvalue weighted by Crippen LogP contribution is 2.38. The molecule has 0 fully saturated rings. The standard InChI is InChI=1S/C45H68NO8P/c1-5-6-7-8-9-10-11-12-13-14-15-16-24-29-44(47)51-38-43(39-53-55(49,50)52-37-36-46(2,3)4)54-45(48)35-34-42-32-30-41(31-33-42)28-21-18-17-20-25-40-26-22-19-23-27-40/h17-23,25-28,30-33,43H,5-16,24,29,34-39H2,1-4H3/t43-/m1/s1. The van der Waals surface area contributed by atoms with Crippen molar-refractivity contribution in [3.63, 3.8) is 0 Å². The van der Waals surface area contributed by atoms with Crippen molar-refractivity contribution in [2.75, 3.05) is 47.5 Å². The molecule has 0 heterocycles. The molecule has 10 heteroatoms. The van der Waals surface area contributed by atoms with Gasteiger partial charge in [-0.1, -0.05) is 175 Å². The molecule has 0 amide bonds. The SMILES string of the molecule is CCCCCCCCCCCCCCCC(=O)OC[C@H](COP(=O)([O-])OCC[N+](C)(C)C)OC(=O)CCc1ccc(C=CC=CC=Cc2ccccc2)cc1. The van der Waals surface area contributed by atoms with Gasteiger partial charge in [0.05, 0.1) is 27.7 Å². The van der Waals surface area contributed by atoms with Crippen LogP contribution in [0.2, 0.25) is 0 Å². The lowest BCUT2D eigenvalue weighted by Crippen LogP contribution is -2.37. The first kappa shape index (κ1) is 47.8. The number of phosphoric acid groups is 1. The molecule has 0 saturated heterocycles. The Morgan fingerprint density at radius 3 is 1.78 bits per heavy atom. The zero-order valence-corrected chi connectivity index (χ0v) is 34.9. The van der Waals surface area contributed by atoms with Crippen molar-refractivity contribution in [1.82, 2.24) is 0 Å². The van der Waals surface area contributed by atoms with E-state index in [1.54, 1.807) is 0 Å². The molecule has 55 heavy (non-hydrogen) atoms. The van der Waals surface area contributed by atoms with E-state index in [0.717, 1.165) is 29.5 Å². The fourth-order valence-electron chi connectivity index (χ4n) is 5.61. The molecule has 2 rings (SSSR count). The van der Waals surface area contributed by atoms with Gasteiger partial charge in [0.2, 0.25) is 0 Å². The predicted octanol–water partition coefficient (Wildman–Crippen LogP) is 10.0. The van der Waals surface area contributed by atoms with Crippen LogP contribution in [0, 0.1) is 0 Å². The third-order valence-electron chi connectivity index (χ3n) is 8.95. The third kappa shape index (κ3) is 27.0. The molecular formula is C45H68NO8P. The summed E-state index contributed by atoms with van der Waals surface area (Å²) >= 11 is 0. The summed E-state index contributed by atoms with van der Waals surface area (Å²) in [4.78, 5) is 37.8. The highest BCUT2D eigenvalue weighted by atomic mass is 31.2. The van der Waals surface area contributed by atoms with Crippen LogP contribution in [0.5, 0.6) is 0 Å². The van der Waals surface area contributed by atoms with Crippen molar-refractivity contribution in [3.8, 4) is 0 Å². The number of aryl methyl sites for hydroxylation is 1. The van der Waals surface area contributed by atoms with Gasteiger partial charge < -0.3 is 27.9 Å². The molecule has 2 aromatic carbocycles. The van der Waals surface area contributed by atoms with Crippen molar-refractivity contribution in [2.24, 2.45) is 0 Å². The van der Waals surface area contributed by atoms with E-state index in [2.05, 4.69) is 6.92 Å². The zero-order chi connectivity index (χ0) is 40.0. The molecular weight excluding hydrogens is 713 g/mol. The average Bonchev–Trinajstić information content (AvgIpc) is 3.15. The van der Waals surface area contributed by atoms with Gasteiger partial charge >= 0.3 is 11.9 Å². The van der Waals surface area contributed by atoms with Gasteiger partial charge in [-0.25, -0.2) is 0 Å². The van der Waals surface area contributed by atoms with E-state index in [-0.39, 0.29) is 26.1 Å². The molecule has 0 N–H and O–H groups in total. The van der Waals surface area contributed by atoms with E-state index < -0.39 is 32.5 Å². The quantitative estimate of drug-likeness (QED) is 0.0244. The minimum Gasteiger partial charge on any atom is -0.756 e. The van der Waals surface area contributed by atoms with Crippen molar-refractivity contribution in [3.05, 3.63) is 95.6 Å². The first-order valence-corrected chi connectivity index (χ1v) is 21.8. The summed E-state index contributed by atoms with van der Waals surface area (Å²) in [5, 5.41) is 0. The first-order chi connectivity index (χ1) is 26.5. The second kappa shape index (κ2) is 29.0. The Balaban J connectivity index is 1.77. The number of esters is 2. The van der Waals surface area contributed by atoms with Gasteiger partial charge in [-0.3, -0.25) is 14.2 Å². The van der Waals surface area contributed by atoms with E-state index in [1.807, 2.05) is 112 Å². The summed E-state index contributed by atoms with van der Waals surface area (Å²) in [7, 11) is 1.08. The number of likely N-dealkylation sites (N-methyl/N-ethyl adjacent to an activating group) is 1. The second-order valence-electron chi connectivity index (χ2n) is 15.1. The lowest BCUT2D eigenvalue weighted by Gasteiger charge is -2.28. The number of nitrogens with zero attached hydrogens (tertiary/aromatic N) is 1. The summed E-state index contributed by atoms with van der Waals surface area (Å²) in [6.07, 6.45) is 27.3. The number of hydrogen-bond donors (Lipinski definition) is 0. The Hall–Kier alpha value is -3.33. The number of quaternary nitrogens is 1. The summed E-state index contributed by atoms with van der Waals surface area (Å²) in [6.45, 7) is 1.82. The van der Waals surface area contributed by atoms with E-state index in [9.17, 15) is 19.0 Å². The maximum atomic E-state index is 12.8. The molecule has 0 aliphatic rings. The monoisotopic (exact) mass is 781 g/mol. The number of rotatable bonds is 31. The predicted molar refractivity (Wildman–Crippen MR) is 222 cm³/mol. The fourth-order valence-corrected chi connectivity index (χ4v) is 6.34. The molecule has 0 aromatic heterocycles. The molecule has 0 radical (unpaired) electrons.